The first-order valence-corrected chi connectivity index (χ1v) is 5.55. The average Bonchev–Trinajstić information content (AvgIpc) is 2.87. The summed E-state index contributed by atoms with van der Waals surface area (Å²) in [4.78, 5) is 11.4. The highest BCUT2D eigenvalue weighted by molar-refractivity contribution is 5.86. The quantitative estimate of drug-likeness (QED) is 0.745. The molecule has 0 aliphatic rings. The molecule has 3 aromatic rings. The van der Waals surface area contributed by atoms with Crippen molar-refractivity contribution in [2.45, 2.75) is 0 Å². The van der Waals surface area contributed by atoms with Crippen LogP contribution in [0.25, 0.3) is 23.2 Å². The van der Waals surface area contributed by atoms with Crippen LogP contribution in [0.5, 0.6) is 0 Å². The van der Waals surface area contributed by atoms with Crippen LogP contribution in [0, 0.1) is 5.82 Å². The first-order valence-electron chi connectivity index (χ1n) is 5.55. The van der Waals surface area contributed by atoms with Gasteiger partial charge in [0, 0.05) is 11.6 Å². The topological polar surface area (TPSA) is 41.6 Å². The van der Waals surface area contributed by atoms with Crippen LogP contribution in [0.1, 0.15) is 11.3 Å². The maximum Gasteiger partial charge on any atom is 0.141 e. The van der Waals surface area contributed by atoms with Crippen molar-refractivity contribution in [1.29, 1.82) is 0 Å². The zero-order chi connectivity index (χ0) is 12.4. The molecule has 3 nitrogen and oxygen atoms in total. The third-order valence-corrected chi connectivity index (χ3v) is 2.69. The number of aromatic amines is 1. The second-order valence-corrected chi connectivity index (χ2v) is 3.88. The second kappa shape index (κ2) is 4.41. The molecule has 0 aliphatic heterocycles. The number of hydrogen-bond donors (Lipinski definition) is 1. The molecule has 0 atom stereocenters. The predicted molar refractivity (Wildman–Crippen MR) is 69.2 cm³/mol. The highest BCUT2D eigenvalue weighted by atomic mass is 19.1. The molecule has 0 saturated carbocycles. The molecule has 0 spiro atoms. The number of benzene rings is 1. The van der Waals surface area contributed by atoms with E-state index in [9.17, 15) is 4.39 Å². The van der Waals surface area contributed by atoms with Gasteiger partial charge in [0.2, 0.25) is 0 Å². The van der Waals surface area contributed by atoms with Crippen molar-refractivity contribution >= 4 is 23.2 Å². The van der Waals surface area contributed by atoms with Gasteiger partial charge in [-0.3, -0.25) is 0 Å². The number of nitrogens with zero attached hydrogens (tertiary/aromatic N) is 2. The smallest absolute Gasteiger partial charge is 0.141 e. The van der Waals surface area contributed by atoms with E-state index in [0.717, 1.165) is 22.3 Å². The fraction of sp³-hybridized carbons (Fsp3) is 0. The van der Waals surface area contributed by atoms with Gasteiger partial charge in [-0.2, -0.15) is 0 Å². The minimum atomic E-state index is -0.234. The summed E-state index contributed by atoms with van der Waals surface area (Å²) in [5.74, 6) is -0.234. The van der Waals surface area contributed by atoms with Crippen molar-refractivity contribution in [2.24, 2.45) is 0 Å². The molecule has 0 radical (unpaired) electrons. The average molecular weight is 239 g/mol. The van der Waals surface area contributed by atoms with Crippen LogP contribution >= 0.6 is 0 Å². The largest absolute Gasteiger partial charge is 0.346 e. The molecule has 0 amide bonds. The van der Waals surface area contributed by atoms with E-state index in [2.05, 4.69) is 15.0 Å². The number of aromatic nitrogens is 3. The van der Waals surface area contributed by atoms with Crippen LogP contribution in [-0.2, 0) is 0 Å². The lowest BCUT2D eigenvalue weighted by Gasteiger charge is -1.96. The summed E-state index contributed by atoms with van der Waals surface area (Å²) in [5, 5.41) is 0.968. The van der Waals surface area contributed by atoms with E-state index in [1.807, 2.05) is 24.4 Å². The summed E-state index contributed by atoms with van der Waals surface area (Å²) in [5.41, 5.74) is 2.58. The minimum absolute atomic E-state index is 0.234. The fourth-order valence-electron chi connectivity index (χ4n) is 1.77. The van der Waals surface area contributed by atoms with Crippen molar-refractivity contribution in [1.82, 2.24) is 15.0 Å². The molecule has 2 aromatic heterocycles. The lowest BCUT2D eigenvalue weighted by Crippen LogP contribution is -1.84. The highest BCUT2D eigenvalue weighted by Crippen LogP contribution is 2.15. The summed E-state index contributed by atoms with van der Waals surface area (Å²) in [6.07, 6.45) is 7.14. The fourth-order valence-corrected chi connectivity index (χ4v) is 1.77. The van der Waals surface area contributed by atoms with E-state index in [1.165, 1.54) is 18.5 Å². The van der Waals surface area contributed by atoms with Crippen LogP contribution in [0.15, 0.2) is 42.9 Å². The third kappa shape index (κ3) is 2.00. The number of rotatable bonds is 2. The first-order chi connectivity index (χ1) is 8.83. The van der Waals surface area contributed by atoms with Gasteiger partial charge in [-0.15, -0.1) is 0 Å². The first kappa shape index (κ1) is 10.7. The molecule has 88 valence electrons. The van der Waals surface area contributed by atoms with Gasteiger partial charge in [0.1, 0.15) is 17.8 Å². The lowest BCUT2D eigenvalue weighted by atomic mass is 10.2. The Kier molecular flexibility index (Phi) is 2.61. The Bertz CT molecular complexity index is 698. The molecule has 0 fully saturated rings. The molecule has 3 rings (SSSR count). The Labute approximate surface area is 103 Å². The predicted octanol–water partition coefficient (Wildman–Crippen LogP) is 3.27. The minimum Gasteiger partial charge on any atom is -0.346 e. The van der Waals surface area contributed by atoms with Crippen LogP contribution < -0.4 is 0 Å². The molecule has 0 saturated heterocycles. The van der Waals surface area contributed by atoms with E-state index in [0.29, 0.717) is 0 Å². The van der Waals surface area contributed by atoms with Gasteiger partial charge in [-0.1, -0.05) is 18.2 Å². The van der Waals surface area contributed by atoms with E-state index in [1.54, 1.807) is 12.1 Å². The molecule has 2 heterocycles. The third-order valence-electron chi connectivity index (χ3n) is 2.69. The molecule has 0 bridgehead atoms. The molecular weight excluding hydrogens is 229 g/mol. The Balaban J connectivity index is 1.96. The summed E-state index contributed by atoms with van der Waals surface area (Å²) in [6.45, 7) is 0. The molecule has 0 unspecified atom stereocenters. The van der Waals surface area contributed by atoms with Gasteiger partial charge in [0.15, 0.2) is 0 Å². The zero-order valence-corrected chi connectivity index (χ0v) is 9.47. The zero-order valence-electron chi connectivity index (χ0n) is 9.47. The van der Waals surface area contributed by atoms with Gasteiger partial charge in [-0.25, -0.2) is 14.4 Å². The van der Waals surface area contributed by atoms with Crippen LogP contribution in [0.3, 0.4) is 0 Å². The molecule has 0 aliphatic carbocycles. The standard InChI is InChI=1S/C14H10FN3/c15-11-4-1-10(2-5-11)3-6-13-12-7-8-16-14(12)18-9-17-13/h1-9H,(H,16,17,18)/b6-3+. The van der Waals surface area contributed by atoms with Gasteiger partial charge in [0.05, 0.1) is 5.69 Å². The highest BCUT2D eigenvalue weighted by Gasteiger charge is 2.00. The summed E-state index contributed by atoms with van der Waals surface area (Å²) in [7, 11) is 0. The Morgan fingerprint density at radius 3 is 2.67 bits per heavy atom. The molecule has 1 aromatic carbocycles. The maximum absolute atomic E-state index is 12.8. The van der Waals surface area contributed by atoms with Crippen molar-refractivity contribution in [3.63, 3.8) is 0 Å². The lowest BCUT2D eigenvalue weighted by molar-refractivity contribution is 0.628. The van der Waals surface area contributed by atoms with E-state index >= 15 is 0 Å². The number of halogens is 1. The van der Waals surface area contributed by atoms with E-state index < -0.39 is 0 Å². The Hall–Kier alpha value is -2.49. The van der Waals surface area contributed by atoms with Crippen LogP contribution in [-0.4, -0.2) is 15.0 Å². The summed E-state index contributed by atoms with van der Waals surface area (Å²) >= 11 is 0. The maximum atomic E-state index is 12.8. The van der Waals surface area contributed by atoms with E-state index in [-0.39, 0.29) is 5.82 Å². The Morgan fingerprint density at radius 2 is 1.83 bits per heavy atom. The van der Waals surface area contributed by atoms with E-state index in [4.69, 9.17) is 0 Å². The van der Waals surface area contributed by atoms with Gasteiger partial charge >= 0.3 is 0 Å². The van der Waals surface area contributed by atoms with Gasteiger partial charge in [0.25, 0.3) is 0 Å². The second-order valence-electron chi connectivity index (χ2n) is 3.88. The number of H-pyrrole nitrogens is 1. The monoisotopic (exact) mass is 239 g/mol. The summed E-state index contributed by atoms with van der Waals surface area (Å²) in [6, 6.07) is 8.25. The SMILES string of the molecule is Fc1ccc(/C=C/c2ncnc3[nH]ccc23)cc1. The normalized spacial score (nSPS) is 11.4. The molecule has 1 N–H and O–H groups in total. The Morgan fingerprint density at radius 1 is 1.00 bits per heavy atom. The van der Waals surface area contributed by atoms with Crippen molar-refractivity contribution in [3.05, 3.63) is 59.9 Å². The molecular formula is C14H10FN3. The van der Waals surface area contributed by atoms with Gasteiger partial charge in [-0.05, 0) is 29.8 Å². The molecule has 18 heavy (non-hydrogen) atoms. The van der Waals surface area contributed by atoms with Crippen LogP contribution in [0.4, 0.5) is 4.39 Å². The number of fused-ring (bicyclic) bond motifs is 1. The van der Waals surface area contributed by atoms with Gasteiger partial charge < -0.3 is 4.98 Å². The van der Waals surface area contributed by atoms with Crippen LogP contribution in [0.2, 0.25) is 0 Å². The number of nitrogens with one attached hydrogen (secondary N) is 1. The summed E-state index contributed by atoms with van der Waals surface area (Å²) < 4.78 is 12.8. The molecule has 4 heteroatoms. The number of hydrogen-bond acceptors (Lipinski definition) is 2. The van der Waals surface area contributed by atoms with Crippen molar-refractivity contribution < 1.29 is 4.39 Å². The van der Waals surface area contributed by atoms with Crippen molar-refractivity contribution in [2.75, 3.05) is 0 Å². The van der Waals surface area contributed by atoms with Crippen molar-refractivity contribution in [3.8, 4) is 0 Å².